The zero-order valence-electron chi connectivity index (χ0n) is 22.4. The maximum absolute atomic E-state index is 8.85. The minimum Gasteiger partial charge on any atom is -0.494 e. The van der Waals surface area contributed by atoms with Crippen LogP contribution in [0.3, 0.4) is 0 Å². The van der Waals surface area contributed by atoms with E-state index >= 15 is 0 Å². The lowest BCUT2D eigenvalue weighted by Gasteiger charge is -2.30. The van der Waals surface area contributed by atoms with Gasteiger partial charge in [0.05, 0.1) is 43.8 Å². The molecule has 0 spiro atoms. The molecule has 0 saturated carbocycles. The summed E-state index contributed by atoms with van der Waals surface area (Å²) in [6.45, 7) is 10.4. The number of rotatable bonds is 14. The molecular weight excluding hydrogens is 496 g/mol. The summed E-state index contributed by atoms with van der Waals surface area (Å²) in [4.78, 5) is 8.60. The van der Waals surface area contributed by atoms with E-state index in [2.05, 4.69) is 42.3 Å². The molecule has 38 heavy (non-hydrogen) atoms. The van der Waals surface area contributed by atoms with Crippen LogP contribution in [0.25, 0.3) is 11.3 Å². The molecule has 1 unspecified atom stereocenters. The Morgan fingerprint density at radius 1 is 1.00 bits per heavy atom. The molecule has 1 aliphatic rings. The van der Waals surface area contributed by atoms with Crippen molar-refractivity contribution < 1.29 is 14.2 Å². The molecule has 8 heteroatoms. The van der Waals surface area contributed by atoms with Crippen LogP contribution in [0.2, 0.25) is 0 Å². The number of aryl methyl sites for hydroxylation is 1. The monoisotopic (exact) mass is 534 g/mol. The van der Waals surface area contributed by atoms with Gasteiger partial charge < -0.3 is 19.5 Å². The maximum Gasteiger partial charge on any atom is 0.183 e. The first-order chi connectivity index (χ1) is 18.6. The number of hydrogen-bond acceptors (Lipinski definition) is 8. The van der Waals surface area contributed by atoms with Crippen LogP contribution >= 0.6 is 11.3 Å². The number of nitrogens with zero attached hydrogens (tertiary/aromatic N) is 3. The highest BCUT2D eigenvalue weighted by atomic mass is 32.1. The highest BCUT2D eigenvalue weighted by Gasteiger charge is 2.18. The van der Waals surface area contributed by atoms with Crippen LogP contribution in [-0.4, -0.2) is 62.0 Å². The quantitative estimate of drug-likeness (QED) is 0.249. The number of nitrogens with one attached hydrogen (secondary N) is 1. The van der Waals surface area contributed by atoms with Gasteiger partial charge in [0.1, 0.15) is 11.5 Å². The Kier molecular flexibility index (Phi) is 10.8. The van der Waals surface area contributed by atoms with Gasteiger partial charge in [0, 0.05) is 36.1 Å². The third-order valence-corrected chi connectivity index (χ3v) is 7.54. The van der Waals surface area contributed by atoms with Crippen molar-refractivity contribution in [2.24, 2.45) is 0 Å². The van der Waals surface area contributed by atoms with E-state index in [9.17, 15) is 0 Å². The van der Waals surface area contributed by atoms with Crippen LogP contribution in [0.15, 0.2) is 48.5 Å². The third-order valence-electron chi connectivity index (χ3n) is 6.64. The van der Waals surface area contributed by atoms with Crippen molar-refractivity contribution in [3.63, 3.8) is 0 Å². The predicted molar refractivity (Wildman–Crippen MR) is 153 cm³/mol. The van der Waals surface area contributed by atoms with Crippen molar-refractivity contribution in [2.75, 3.05) is 51.4 Å². The fourth-order valence-corrected chi connectivity index (χ4v) is 5.28. The normalized spacial score (nSPS) is 14.6. The number of anilines is 1. The van der Waals surface area contributed by atoms with E-state index in [-0.39, 0.29) is 0 Å². The Balaban J connectivity index is 1.17. The van der Waals surface area contributed by atoms with Gasteiger partial charge in [-0.2, -0.15) is 5.26 Å². The highest BCUT2D eigenvalue weighted by molar-refractivity contribution is 7.16. The standard InChI is InChI=1S/C30H38N4O3S/c1-3-26(22-34-15-19-35-20-16-34)32-30-33-29(23(2)38-30)25-9-13-28(14-10-25)37-18-6-4-5-17-36-27-11-7-24(21-31)8-12-27/h7-14,26H,3-6,15-20,22H2,1-2H3,(H,32,33). The molecule has 202 valence electrons. The Bertz CT molecular complexity index is 1150. The fraction of sp³-hybridized carbons (Fsp3) is 0.467. The van der Waals surface area contributed by atoms with Crippen molar-refractivity contribution in [3.05, 3.63) is 59.0 Å². The van der Waals surface area contributed by atoms with Crippen LogP contribution in [-0.2, 0) is 4.74 Å². The molecule has 2 aromatic carbocycles. The zero-order chi connectivity index (χ0) is 26.6. The third kappa shape index (κ3) is 8.45. The molecule has 0 amide bonds. The summed E-state index contributed by atoms with van der Waals surface area (Å²) >= 11 is 1.72. The summed E-state index contributed by atoms with van der Waals surface area (Å²) in [6.07, 6.45) is 4.03. The first-order valence-electron chi connectivity index (χ1n) is 13.5. The SMILES string of the molecule is CCC(CN1CCOCC1)Nc1nc(-c2ccc(OCCCCCOc3ccc(C#N)cc3)cc2)c(C)s1. The van der Waals surface area contributed by atoms with E-state index in [1.54, 1.807) is 23.5 Å². The summed E-state index contributed by atoms with van der Waals surface area (Å²) in [5.74, 6) is 1.68. The first kappa shape index (κ1) is 27.9. The molecule has 2 heterocycles. The van der Waals surface area contributed by atoms with Gasteiger partial charge in [0.15, 0.2) is 5.13 Å². The van der Waals surface area contributed by atoms with Gasteiger partial charge in [-0.05, 0) is 81.1 Å². The lowest BCUT2D eigenvalue weighted by atomic mass is 10.1. The van der Waals surface area contributed by atoms with Crippen LogP contribution in [0, 0.1) is 18.3 Å². The fourth-order valence-electron chi connectivity index (χ4n) is 4.37. The van der Waals surface area contributed by atoms with Crippen molar-refractivity contribution in [1.82, 2.24) is 9.88 Å². The minimum atomic E-state index is 0.379. The number of benzene rings is 2. The summed E-state index contributed by atoms with van der Waals surface area (Å²) in [7, 11) is 0. The number of aromatic nitrogens is 1. The molecule has 0 bridgehead atoms. The van der Waals surface area contributed by atoms with Gasteiger partial charge >= 0.3 is 0 Å². The molecule has 1 aliphatic heterocycles. The van der Waals surface area contributed by atoms with E-state index in [1.807, 2.05) is 24.3 Å². The molecule has 4 rings (SSSR count). The molecule has 1 saturated heterocycles. The van der Waals surface area contributed by atoms with Gasteiger partial charge in [-0.15, -0.1) is 11.3 Å². The smallest absolute Gasteiger partial charge is 0.183 e. The van der Waals surface area contributed by atoms with Gasteiger partial charge in [-0.3, -0.25) is 4.90 Å². The second-order valence-electron chi connectivity index (χ2n) is 9.50. The van der Waals surface area contributed by atoms with E-state index < -0.39 is 0 Å². The van der Waals surface area contributed by atoms with Gasteiger partial charge in [-0.1, -0.05) is 6.92 Å². The molecule has 1 atom stereocenters. The Morgan fingerprint density at radius 2 is 1.63 bits per heavy atom. The van der Waals surface area contributed by atoms with Crippen LogP contribution < -0.4 is 14.8 Å². The van der Waals surface area contributed by atoms with Gasteiger partial charge in [-0.25, -0.2) is 4.98 Å². The van der Waals surface area contributed by atoms with E-state index in [0.717, 1.165) is 86.4 Å². The molecule has 0 aliphatic carbocycles. The number of nitriles is 1. The number of thiazole rings is 1. The molecule has 3 aromatic rings. The molecule has 1 fully saturated rings. The second-order valence-corrected chi connectivity index (χ2v) is 10.7. The molecule has 7 nitrogen and oxygen atoms in total. The van der Waals surface area contributed by atoms with Crippen molar-refractivity contribution >= 4 is 16.5 Å². The topological polar surface area (TPSA) is 79.6 Å². The van der Waals surface area contributed by atoms with Crippen molar-refractivity contribution in [2.45, 2.75) is 45.6 Å². The van der Waals surface area contributed by atoms with Crippen molar-refractivity contribution in [1.29, 1.82) is 5.26 Å². The summed E-state index contributed by atoms with van der Waals surface area (Å²) < 4.78 is 17.2. The van der Waals surface area contributed by atoms with Crippen molar-refractivity contribution in [3.8, 4) is 28.8 Å². The first-order valence-corrected chi connectivity index (χ1v) is 14.4. The van der Waals surface area contributed by atoms with Gasteiger partial charge in [0.2, 0.25) is 0 Å². The Morgan fingerprint density at radius 3 is 2.24 bits per heavy atom. The average molecular weight is 535 g/mol. The largest absolute Gasteiger partial charge is 0.494 e. The van der Waals surface area contributed by atoms with E-state index in [0.29, 0.717) is 24.8 Å². The number of ether oxygens (including phenoxy) is 3. The molecule has 0 radical (unpaired) electrons. The van der Waals surface area contributed by atoms with E-state index in [4.69, 9.17) is 24.5 Å². The summed E-state index contributed by atoms with van der Waals surface area (Å²) in [5, 5.41) is 13.5. The molecular formula is C30H38N4O3S. The number of hydrogen-bond donors (Lipinski definition) is 1. The minimum absolute atomic E-state index is 0.379. The van der Waals surface area contributed by atoms with E-state index in [1.165, 1.54) is 4.88 Å². The average Bonchev–Trinajstić information content (AvgIpc) is 3.33. The second kappa shape index (κ2) is 14.7. The number of unbranched alkanes of at least 4 members (excludes halogenated alkanes) is 2. The summed E-state index contributed by atoms with van der Waals surface area (Å²) in [5.41, 5.74) is 2.79. The lowest BCUT2D eigenvalue weighted by Crippen LogP contribution is -2.42. The predicted octanol–water partition coefficient (Wildman–Crippen LogP) is 6.14. The Labute approximate surface area is 230 Å². The maximum atomic E-state index is 8.85. The lowest BCUT2D eigenvalue weighted by molar-refractivity contribution is 0.0360. The zero-order valence-corrected chi connectivity index (χ0v) is 23.3. The molecule has 1 aromatic heterocycles. The van der Waals surface area contributed by atoms with Gasteiger partial charge in [0.25, 0.3) is 0 Å². The van der Waals surface area contributed by atoms with Crippen LogP contribution in [0.4, 0.5) is 5.13 Å². The molecule has 1 N–H and O–H groups in total. The number of morpholine rings is 1. The summed E-state index contributed by atoms with van der Waals surface area (Å²) in [6, 6.07) is 18.0. The Hall–Kier alpha value is -3.12. The van der Waals surface area contributed by atoms with Crippen LogP contribution in [0.1, 0.15) is 43.0 Å². The van der Waals surface area contributed by atoms with Crippen LogP contribution in [0.5, 0.6) is 11.5 Å². The highest BCUT2D eigenvalue weighted by Crippen LogP contribution is 2.32.